The summed E-state index contributed by atoms with van der Waals surface area (Å²) in [6.07, 6.45) is 9.42. The Morgan fingerprint density at radius 2 is 0.894 bits per heavy atom. The van der Waals surface area contributed by atoms with Gasteiger partial charge in [-0.15, -0.1) is 0 Å². The van der Waals surface area contributed by atoms with Crippen LogP contribution >= 0.6 is 0 Å². The molecule has 0 spiro atoms. The van der Waals surface area contributed by atoms with Crippen LogP contribution in [-0.4, -0.2) is 83.7 Å². The van der Waals surface area contributed by atoms with Crippen molar-refractivity contribution < 1.29 is 39.3 Å². The van der Waals surface area contributed by atoms with Gasteiger partial charge in [-0.1, -0.05) is 51.0 Å². The molecule has 6 N–H and O–H groups in total. The van der Waals surface area contributed by atoms with Gasteiger partial charge in [0.05, 0.1) is 25.5 Å². The summed E-state index contributed by atoms with van der Waals surface area (Å²) in [7, 11) is 0. The van der Waals surface area contributed by atoms with E-state index in [9.17, 15) is 9.59 Å². The van der Waals surface area contributed by atoms with Crippen molar-refractivity contribution in [1.82, 2.24) is 5.32 Å². The maximum Gasteiger partial charge on any atom is 0.300 e. The first-order valence-electron chi connectivity index (χ1n) is 15.4. The van der Waals surface area contributed by atoms with Gasteiger partial charge in [-0.25, -0.2) is 0 Å². The van der Waals surface area contributed by atoms with E-state index >= 15 is 0 Å². The van der Waals surface area contributed by atoms with Gasteiger partial charge in [0, 0.05) is 45.2 Å². The number of nitrogens with one attached hydrogen (secondary N) is 3. The first-order valence-corrected chi connectivity index (χ1v) is 15.4. The molecule has 0 aliphatic carbocycles. The number of benzene rings is 2. The van der Waals surface area contributed by atoms with E-state index in [-0.39, 0.29) is 11.8 Å². The molecular formula is C34H51N5O8. The maximum atomic E-state index is 12.0. The van der Waals surface area contributed by atoms with Crippen LogP contribution in [-0.2, 0) is 36.8 Å². The van der Waals surface area contributed by atoms with Crippen LogP contribution < -0.4 is 16.0 Å². The third kappa shape index (κ3) is 33.8. The molecule has 0 aromatic heterocycles. The average Bonchev–Trinajstić information content (AvgIpc) is 2.98. The number of hydrogen-bond donors (Lipinski definition) is 6. The second kappa shape index (κ2) is 29.8. The summed E-state index contributed by atoms with van der Waals surface area (Å²) in [6.45, 7) is 9.83. The number of carboxylic acids is 3. The Morgan fingerprint density at radius 1 is 0.596 bits per heavy atom. The number of aliphatic imine (C=N–C) groups is 2. The van der Waals surface area contributed by atoms with Crippen LogP contribution in [0, 0.1) is 0 Å². The Balaban J connectivity index is 0. The number of carboxylic acid groups (broad SMARTS) is 3. The normalized spacial score (nSPS) is 9.98. The van der Waals surface area contributed by atoms with Gasteiger partial charge in [0.2, 0.25) is 0 Å². The lowest BCUT2D eigenvalue weighted by Gasteiger charge is -2.04. The van der Waals surface area contributed by atoms with Crippen LogP contribution in [0.4, 0.5) is 11.4 Å². The number of aryl methyl sites for hydroxylation is 2. The van der Waals surface area contributed by atoms with Gasteiger partial charge in [-0.05, 0) is 61.1 Å². The van der Waals surface area contributed by atoms with Crippen LogP contribution in [0.25, 0.3) is 0 Å². The Labute approximate surface area is 277 Å². The summed E-state index contributed by atoms with van der Waals surface area (Å²) < 4.78 is 0. The van der Waals surface area contributed by atoms with E-state index in [0.717, 1.165) is 45.0 Å². The van der Waals surface area contributed by atoms with Gasteiger partial charge in [0.1, 0.15) is 0 Å². The molecule has 0 radical (unpaired) electrons. The van der Waals surface area contributed by atoms with Gasteiger partial charge >= 0.3 is 0 Å². The lowest BCUT2D eigenvalue weighted by molar-refractivity contribution is -0.135. The van der Waals surface area contributed by atoms with Crippen molar-refractivity contribution in [3.63, 3.8) is 0 Å². The zero-order valence-electron chi connectivity index (χ0n) is 28.1. The predicted octanol–water partition coefficient (Wildman–Crippen LogP) is 4.95. The summed E-state index contributed by atoms with van der Waals surface area (Å²) in [5.41, 5.74) is 4.10. The zero-order chi connectivity index (χ0) is 35.9. The number of hydrogen-bond acceptors (Lipinski definition) is 8. The molecule has 0 atom stereocenters. The number of carbonyl (C=O) groups excluding carboxylic acids is 2. The Bertz CT molecular complexity index is 1110. The fourth-order valence-corrected chi connectivity index (χ4v) is 3.33. The lowest BCUT2D eigenvalue weighted by atomic mass is 10.1. The van der Waals surface area contributed by atoms with Gasteiger partial charge < -0.3 is 31.3 Å². The fraction of sp³-hybridized carbons (Fsp3) is 0.441. The zero-order valence-corrected chi connectivity index (χ0v) is 28.1. The molecule has 260 valence electrons. The molecule has 2 amide bonds. The lowest BCUT2D eigenvalue weighted by Crippen LogP contribution is -2.22. The van der Waals surface area contributed by atoms with Crippen molar-refractivity contribution in [1.29, 1.82) is 0 Å². The molecule has 13 heteroatoms. The van der Waals surface area contributed by atoms with Crippen LogP contribution in [0.2, 0.25) is 0 Å². The molecule has 0 unspecified atom stereocenters. The smallest absolute Gasteiger partial charge is 0.300 e. The average molecular weight is 658 g/mol. The third-order valence-electron chi connectivity index (χ3n) is 5.33. The van der Waals surface area contributed by atoms with Crippen LogP contribution in [0.3, 0.4) is 0 Å². The van der Waals surface area contributed by atoms with E-state index in [0.29, 0.717) is 26.2 Å². The standard InChI is InChI=1S/C28H39N5O2.3C2H4O2/c1-3-5-7-23-9-13-25(14-10-23)32-27(34)21-30-19-17-29-18-20-31-22-28(35)33-26-15-11-24(12-16-26)8-6-4-2;3*1-2(3)4/h9-16,21-22,29H,3-8,17-20H2,1-2H3,(H,32,34)(H,33,35);3*1H3,(H,3,4)/b30-21-,31-22+;;;. The molecule has 47 heavy (non-hydrogen) atoms. The summed E-state index contributed by atoms with van der Waals surface area (Å²) in [5.74, 6) is -2.98. The molecule has 2 aromatic rings. The summed E-state index contributed by atoms with van der Waals surface area (Å²) in [6, 6.07) is 15.9. The molecule has 0 saturated carbocycles. The second-order valence-corrected chi connectivity index (χ2v) is 9.96. The van der Waals surface area contributed by atoms with Crippen molar-refractivity contribution in [2.24, 2.45) is 9.98 Å². The molecule has 2 rings (SSSR count). The number of amides is 2. The first-order chi connectivity index (χ1) is 22.3. The minimum atomic E-state index is -0.833. The van der Waals surface area contributed by atoms with E-state index in [1.165, 1.54) is 49.2 Å². The highest BCUT2D eigenvalue weighted by Crippen LogP contribution is 2.12. The van der Waals surface area contributed by atoms with Crippen LogP contribution in [0.1, 0.15) is 71.4 Å². The summed E-state index contributed by atoms with van der Waals surface area (Å²) in [4.78, 5) is 59.2. The maximum absolute atomic E-state index is 12.0. The number of unbranched alkanes of at least 4 members (excludes halogenated alkanes) is 2. The molecule has 0 heterocycles. The van der Waals surface area contributed by atoms with Crippen LogP contribution in [0.15, 0.2) is 58.5 Å². The predicted molar refractivity (Wildman–Crippen MR) is 187 cm³/mol. The van der Waals surface area contributed by atoms with Crippen molar-refractivity contribution in [2.45, 2.75) is 73.1 Å². The van der Waals surface area contributed by atoms with Crippen molar-refractivity contribution in [3.05, 3.63) is 59.7 Å². The number of carbonyl (C=O) groups is 5. The fourth-order valence-electron chi connectivity index (χ4n) is 3.33. The van der Waals surface area contributed by atoms with Gasteiger partial charge in [-0.3, -0.25) is 34.0 Å². The van der Waals surface area contributed by atoms with E-state index in [1.54, 1.807) is 0 Å². The summed E-state index contributed by atoms with van der Waals surface area (Å²) in [5, 5.41) is 31.1. The molecular weight excluding hydrogens is 606 g/mol. The number of nitrogens with zero attached hydrogens (tertiary/aromatic N) is 2. The van der Waals surface area contributed by atoms with E-state index in [2.05, 4.69) is 39.8 Å². The third-order valence-corrected chi connectivity index (χ3v) is 5.33. The largest absolute Gasteiger partial charge is 0.481 e. The Morgan fingerprint density at radius 3 is 1.17 bits per heavy atom. The van der Waals surface area contributed by atoms with Crippen LogP contribution in [0.5, 0.6) is 0 Å². The minimum absolute atomic E-state index is 0.238. The van der Waals surface area contributed by atoms with Gasteiger partial charge in [-0.2, -0.15) is 0 Å². The molecule has 0 fully saturated rings. The SMILES string of the molecule is CC(=O)O.CC(=O)O.CC(=O)O.CCCCc1ccc(NC(=O)/C=N\CCNCC/N=C/C(=O)Nc2ccc(CCCC)cc2)cc1. The molecule has 0 aliphatic heterocycles. The quantitative estimate of drug-likeness (QED) is 0.106. The minimum Gasteiger partial charge on any atom is -0.481 e. The molecule has 0 saturated heterocycles. The highest BCUT2D eigenvalue weighted by molar-refractivity contribution is 6.32. The molecule has 0 bridgehead atoms. The highest BCUT2D eigenvalue weighted by atomic mass is 16.4. The summed E-state index contributed by atoms with van der Waals surface area (Å²) >= 11 is 0. The Kier molecular flexibility index (Phi) is 28.0. The molecule has 13 nitrogen and oxygen atoms in total. The van der Waals surface area contributed by atoms with Gasteiger partial charge in [0.25, 0.3) is 29.7 Å². The van der Waals surface area contributed by atoms with Crippen molar-refractivity contribution >= 4 is 53.5 Å². The molecule has 0 aliphatic rings. The molecule has 2 aromatic carbocycles. The van der Waals surface area contributed by atoms with E-state index < -0.39 is 17.9 Å². The van der Waals surface area contributed by atoms with Gasteiger partial charge in [0.15, 0.2) is 0 Å². The number of aliphatic carboxylic acids is 3. The van der Waals surface area contributed by atoms with E-state index in [1.807, 2.05) is 48.5 Å². The topological polar surface area (TPSA) is 207 Å². The monoisotopic (exact) mass is 657 g/mol. The Hall–Kier alpha value is -4.91. The first kappa shape index (κ1) is 44.2. The number of rotatable bonds is 16. The number of anilines is 2. The van der Waals surface area contributed by atoms with Crippen molar-refractivity contribution in [3.8, 4) is 0 Å². The van der Waals surface area contributed by atoms with E-state index in [4.69, 9.17) is 29.7 Å². The second-order valence-electron chi connectivity index (χ2n) is 9.96. The highest BCUT2D eigenvalue weighted by Gasteiger charge is 2.00. The van der Waals surface area contributed by atoms with Crippen molar-refractivity contribution in [2.75, 3.05) is 36.8 Å².